The molecule has 2 rings (SSSR count). The predicted octanol–water partition coefficient (Wildman–Crippen LogP) is 3.91. The molecule has 0 saturated carbocycles. The lowest BCUT2D eigenvalue weighted by Crippen LogP contribution is -2.06. The number of carbonyl (C=O) groups excluding carboxylic acids is 1. The van der Waals surface area contributed by atoms with Gasteiger partial charge in [-0.15, -0.1) is 0 Å². The molecular formula is C17H22N2O2. The van der Waals surface area contributed by atoms with Crippen LogP contribution in [0.2, 0.25) is 0 Å². The summed E-state index contributed by atoms with van der Waals surface area (Å²) < 4.78 is 6.58. The van der Waals surface area contributed by atoms with Crippen molar-refractivity contribution in [2.24, 2.45) is 0 Å². The average molecular weight is 286 g/mol. The zero-order valence-electron chi connectivity index (χ0n) is 13.3. The largest absolute Gasteiger partial charge is 0.464 e. The summed E-state index contributed by atoms with van der Waals surface area (Å²) in [5.41, 5.74) is 3.57. The van der Waals surface area contributed by atoms with Gasteiger partial charge in [0.2, 0.25) is 0 Å². The molecule has 0 atom stereocenters. The molecule has 0 aliphatic carbocycles. The average Bonchev–Trinajstić information content (AvgIpc) is 2.92. The van der Waals surface area contributed by atoms with Gasteiger partial charge in [0.05, 0.1) is 12.8 Å². The third-order valence-electron chi connectivity index (χ3n) is 3.53. The maximum atomic E-state index is 11.7. The zero-order chi connectivity index (χ0) is 15.6. The van der Waals surface area contributed by atoms with Crippen molar-refractivity contribution in [3.8, 4) is 5.69 Å². The number of esters is 1. The second-order valence-corrected chi connectivity index (χ2v) is 5.76. The number of rotatable bonds is 4. The van der Waals surface area contributed by atoms with E-state index in [1.165, 1.54) is 12.7 Å². The highest BCUT2D eigenvalue weighted by Crippen LogP contribution is 2.22. The number of hydrogen-bond donors (Lipinski definition) is 0. The Bertz CT molecular complexity index is 625. The summed E-state index contributed by atoms with van der Waals surface area (Å²) in [6.45, 7) is 8.49. The summed E-state index contributed by atoms with van der Waals surface area (Å²) in [5, 5.41) is 4.39. The van der Waals surface area contributed by atoms with Crippen molar-refractivity contribution in [3.05, 3.63) is 47.3 Å². The van der Waals surface area contributed by atoms with Crippen LogP contribution in [-0.2, 0) is 4.74 Å². The molecule has 4 nitrogen and oxygen atoms in total. The van der Waals surface area contributed by atoms with Gasteiger partial charge in [-0.1, -0.05) is 39.8 Å². The van der Waals surface area contributed by atoms with Gasteiger partial charge in [0.15, 0.2) is 5.69 Å². The second-order valence-electron chi connectivity index (χ2n) is 5.76. The summed E-state index contributed by atoms with van der Waals surface area (Å²) in [6, 6.07) is 10.1. The Morgan fingerprint density at radius 2 is 1.71 bits per heavy atom. The van der Waals surface area contributed by atoms with E-state index in [9.17, 15) is 4.79 Å². The summed E-state index contributed by atoms with van der Waals surface area (Å²) in [4.78, 5) is 11.7. The molecule has 4 heteroatoms. The van der Waals surface area contributed by atoms with Crippen molar-refractivity contribution in [1.29, 1.82) is 0 Å². The van der Waals surface area contributed by atoms with Crippen LogP contribution in [0.1, 0.15) is 61.3 Å². The number of ether oxygens (including phenoxy) is 1. The van der Waals surface area contributed by atoms with Gasteiger partial charge in [-0.3, -0.25) is 0 Å². The molecule has 21 heavy (non-hydrogen) atoms. The minimum Gasteiger partial charge on any atom is -0.464 e. The van der Waals surface area contributed by atoms with Gasteiger partial charge in [0, 0.05) is 5.69 Å². The third kappa shape index (κ3) is 3.15. The molecular weight excluding hydrogens is 264 g/mol. The smallest absolute Gasteiger partial charge is 0.358 e. The summed E-state index contributed by atoms with van der Waals surface area (Å²) in [5.74, 6) is 0.349. The van der Waals surface area contributed by atoms with Gasteiger partial charge in [-0.25, -0.2) is 9.48 Å². The fraction of sp³-hybridized carbons (Fsp3) is 0.412. The van der Waals surface area contributed by atoms with Crippen molar-refractivity contribution in [3.63, 3.8) is 0 Å². The Balaban J connectivity index is 2.46. The minimum absolute atomic E-state index is 0.265. The van der Waals surface area contributed by atoms with Gasteiger partial charge in [0.1, 0.15) is 0 Å². The number of nitrogens with zero attached hydrogens (tertiary/aromatic N) is 2. The topological polar surface area (TPSA) is 44.1 Å². The van der Waals surface area contributed by atoms with Gasteiger partial charge in [-0.05, 0) is 35.6 Å². The lowest BCUT2D eigenvalue weighted by atomic mass is 10.0. The lowest BCUT2D eigenvalue weighted by Gasteiger charge is -2.11. The minimum atomic E-state index is -0.408. The number of aromatic nitrogens is 2. The van der Waals surface area contributed by atoms with E-state index >= 15 is 0 Å². The van der Waals surface area contributed by atoms with Gasteiger partial charge in [0.25, 0.3) is 0 Å². The fourth-order valence-corrected chi connectivity index (χ4v) is 2.22. The Hall–Kier alpha value is -2.10. The SMILES string of the molecule is COC(=O)c1cc(C(C)C)n(-c2ccc(C(C)C)cc2)n1. The van der Waals surface area contributed by atoms with E-state index in [0.717, 1.165) is 11.4 Å². The first kappa shape index (κ1) is 15.3. The van der Waals surface area contributed by atoms with Crippen LogP contribution in [0.5, 0.6) is 0 Å². The molecule has 0 aliphatic heterocycles. The Kier molecular flexibility index (Phi) is 4.46. The van der Waals surface area contributed by atoms with E-state index in [1.807, 2.05) is 16.8 Å². The quantitative estimate of drug-likeness (QED) is 0.800. The molecule has 0 fully saturated rings. The van der Waals surface area contributed by atoms with E-state index < -0.39 is 5.97 Å². The molecule has 0 saturated heterocycles. The number of hydrogen-bond acceptors (Lipinski definition) is 3. The second kappa shape index (κ2) is 6.12. The molecule has 0 radical (unpaired) electrons. The van der Waals surface area contributed by atoms with Crippen LogP contribution in [0.15, 0.2) is 30.3 Å². The van der Waals surface area contributed by atoms with Crippen LogP contribution in [-0.4, -0.2) is 22.9 Å². The predicted molar refractivity (Wildman–Crippen MR) is 83.1 cm³/mol. The van der Waals surface area contributed by atoms with Crippen LogP contribution in [0.4, 0.5) is 0 Å². The van der Waals surface area contributed by atoms with E-state index in [0.29, 0.717) is 11.6 Å². The number of benzene rings is 1. The van der Waals surface area contributed by atoms with Crippen molar-refractivity contribution >= 4 is 5.97 Å². The van der Waals surface area contributed by atoms with Crippen molar-refractivity contribution < 1.29 is 9.53 Å². The maximum absolute atomic E-state index is 11.7. The molecule has 1 heterocycles. The summed E-state index contributed by atoms with van der Waals surface area (Å²) >= 11 is 0. The molecule has 112 valence electrons. The van der Waals surface area contributed by atoms with Crippen LogP contribution < -0.4 is 0 Å². The van der Waals surface area contributed by atoms with Gasteiger partial charge >= 0.3 is 5.97 Å². The maximum Gasteiger partial charge on any atom is 0.358 e. The molecule has 0 unspecified atom stereocenters. The molecule has 1 aromatic carbocycles. The van der Waals surface area contributed by atoms with Gasteiger partial charge in [-0.2, -0.15) is 5.10 Å². The normalized spacial score (nSPS) is 11.2. The zero-order valence-corrected chi connectivity index (χ0v) is 13.3. The van der Waals surface area contributed by atoms with E-state index in [4.69, 9.17) is 4.74 Å². The van der Waals surface area contributed by atoms with E-state index in [1.54, 1.807) is 6.07 Å². The Morgan fingerprint density at radius 1 is 1.10 bits per heavy atom. The first-order chi connectivity index (χ1) is 9.93. The molecule has 2 aromatic rings. The first-order valence-electron chi connectivity index (χ1n) is 7.22. The third-order valence-corrected chi connectivity index (χ3v) is 3.53. The van der Waals surface area contributed by atoms with Gasteiger partial charge < -0.3 is 4.74 Å². The molecule has 1 aromatic heterocycles. The highest BCUT2D eigenvalue weighted by molar-refractivity contribution is 5.87. The Labute approximate surface area is 125 Å². The van der Waals surface area contributed by atoms with Crippen LogP contribution in [0.25, 0.3) is 5.69 Å². The fourth-order valence-electron chi connectivity index (χ4n) is 2.22. The standard InChI is InChI=1S/C17H22N2O2/c1-11(2)13-6-8-14(9-7-13)19-16(12(3)4)10-15(18-19)17(20)21-5/h6-12H,1-5H3. The van der Waals surface area contributed by atoms with E-state index in [-0.39, 0.29) is 5.92 Å². The molecule has 0 N–H and O–H groups in total. The summed E-state index contributed by atoms with van der Waals surface area (Å²) in [6.07, 6.45) is 0. The van der Waals surface area contributed by atoms with Crippen molar-refractivity contribution in [2.45, 2.75) is 39.5 Å². The van der Waals surface area contributed by atoms with Crippen molar-refractivity contribution in [1.82, 2.24) is 9.78 Å². The molecule has 0 spiro atoms. The number of carbonyl (C=O) groups is 1. The Morgan fingerprint density at radius 3 is 2.19 bits per heavy atom. The van der Waals surface area contributed by atoms with Crippen LogP contribution >= 0.6 is 0 Å². The lowest BCUT2D eigenvalue weighted by molar-refractivity contribution is 0.0593. The summed E-state index contributed by atoms with van der Waals surface area (Å²) in [7, 11) is 1.37. The molecule has 0 aliphatic rings. The molecule has 0 bridgehead atoms. The molecule has 0 amide bonds. The highest BCUT2D eigenvalue weighted by Gasteiger charge is 2.17. The van der Waals surface area contributed by atoms with Crippen molar-refractivity contribution in [2.75, 3.05) is 7.11 Å². The van der Waals surface area contributed by atoms with E-state index in [2.05, 4.69) is 44.9 Å². The first-order valence-corrected chi connectivity index (χ1v) is 7.22. The number of methoxy groups -OCH3 is 1. The van der Waals surface area contributed by atoms with Crippen LogP contribution in [0.3, 0.4) is 0 Å². The highest BCUT2D eigenvalue weighted by atomic mass is 16.5. The van der Waals surface area contributed by atoms with Crippen LogP contribution in [0, 0.1) is 0 Å². The monoisotopic (exact) mass is 286 g/mol.